The van der Waals surface area contributed by atoms with Crippen LogP contribution in [0.5, 0.6) is 0 Å². The average molecular weight is 354 g/mol. The van der Waals surface area contributed by atoms with Crippen LogP contribution < -0.4 is 5.73 Å². The molecule has 1 amide bonds. The van der Waals surface area contributed by atoms with E-state index in [1.165, 1.54) is 4.31 Å². The molecule has 0 aliphatic carbocycles. The second-order valence-electron chi connectivity index (χ2n) is 6.10. The van der Waals surface area contributed by atoms with E-state index in [0.717, 1.165) is 25.7 Å². The molecule has 0 radical (unpaired) electrons. The minimum Gasteiger partial charge on any atom is -0.341 e. The molecule has 2 heterocycles. The number of carbonyl (C=O) groups excluding carboxylic acids is 1. The van der Waals surface area contributed by atoms with Gasteiger partial charge in [-0.3, -0.25) is 4.79 Å². The lowest BCUT2D eigenvalue weighted by Gasteiger charge is -2.34. The summed E-state index contributed by atoms with van der Waals surface area (Å²) in [5.41, 5.74) is 5.86. The van der Waals surface area contributed by atoms with Crippen molar-refractivity contribution in [3.63, 3.8) is 0 Å². The van der Waals surface area contributed by atoms with Crippen molar-refractivity contribution < 1.29 is 13.2 Å². The average Bonchev–Trinajstić information content (AvgIpc) is 2.95. The second-order valence-corrected chi connectivity index (χ2v) is 8.14. The summed E-state index contributed by atoms with van der Waals surface area (Å²) >= 11 is 0. The highest BCUT2D eigenvalue weighted by molar-refractivity contribution is 7.89. The number of piperidine rings is 1. The van der Waals surface area contributed by atoms with Crippen molar-refractivity contribution in [1.29, 1.82) is 0 Å². The quantitative estimate of drug-likeness (QED) is 0.797. The van der Waals surface area contributed by atoms with Crippen molar-refractivity contribution in [2.24, 2.45) is 5.73 Å². The van der Waals surface area contributed by atoms with E-state index < -0.39 is 16.1 Å². The Morgan fingerprint density at radius 3 is 2.41 bits per heavy atom. The highest BCUT2D eigenvalue weighted by Crippen LogP contribution is 2.25. The molecule has 1 unspecified atom stereocenters. The molecule has 0 spiro atoms. The van der Waals surface area contributed by atoms with Crippen LogP contribution in [0, 0.1) is 0 Å². The molecule has 2 rings (SSSR count). The number of sulfonamides is 1. The van der Waals surface area contributed by atoms with Gasteiger partial charge in [-0.05, 0) is 32.1 Å². The lowest BCUT2D eigenvalue weighted by molar-refractivity contribution is -0.135. The fraction of sp³-hybridized carbons (Fsp3) is 0.929. The Kier molecular flexibility index (Phi) is 7.58. The number of hydrogen-bond acceptors (Lipinski definition) is 4. The third-order valence-corrected chi connectivity index (χ3v) is 6.41. The topological polar surface area (TPSA) is 83.7 Å². The van der Waals surface area contributed by atoms with E-state index in [4.69, 9.17) is 5.73 Å². The van der Waals surface area contributed by atoms with Gasteiger partial charge in [0.15, 0.2) is 0 Å². The maximum atomic E-state index is 12.6. The summed E-state index contributed by atoms with van der Waals surface area (Å²) < 4.78 is 26.2. The van der Waals surface area contributed by atoms with Crippen molar-refractivity contribution in [1.82, 2.24) is 9.21 Å². The molecule has 0 aromatic carbocycles. The molecule has 2 aliphatic rings. The van der Waals surface area contributed by atoms with Crippen LogP contribution in [0.3, 0.4) is 0 Å². The summed E-state index contributed by atoms with van der Waals surface area (Å²) in [6.07, 6.45) is 4.53. The zero-order valence-corrected chi connectivity index (χ0v) is 14.9. The third-order valence-electron chi connectivity index (χ3n) is 4.45. The number of halogens is 1. The van der Waals surface area contributed by atoms with Gasteiger partial charge in [0.1, 0.15) is 6.04 Å². The Morgan fingerprint density at radius 2 is 1.82 bits per heavy atom. The van der Waals surface area contributed by atoms with Gasteiger partial charge in [0.25, 0.3) is 0 Å². The van der Waals surface area contributed by atoms with Crippen LogP contribution in [0.2, 0.25) is 0 Å². The van der Waals surface area contributed by atoms with E-state index >= 15 is 0 Å². The summed E-state index contributed by atoms with van der Waals surface area (Å²) in [6.45, 7) is 3.76. The lowest BCUT2D eigenvalue weighted by atomic mass is 10.0. The monoisotopic (exact) mass is 353 g/mol. The summed E-state index contributed by atoms with van der Waals surface area (Å²) in [6, 6.07) is -0.316. The molecule has 22 heavy (non-hydrogen) atoms. The molecule has 1 atom stereocenters. The largest absolute Gasteiger partial charge is 0.341 e. The first kappa shape index (κ1) is 19.7. The van der Waals surface area contributed by atoms with Gasteiger partial charge in [-0.25, -0.2) is 8.42 Å². The predicted molar refractivity (Wildman–Crippen MR) is 89.5 cm³/mol. The first-order valence-electron chi connectivity index (χ1n) is 7.99. The molecule has 6 nitrogen and oxygen atoms in total. The van der Waals surface area contributed by atoms with Crippen molar-refractivity contribution in [3.8, 4) is 0 Å². The molecular formula is C14H28ClN3O3S. The summed E-state index contributed by atoms with van der Waals surface area (Å²) in [5.74, 6) is 0.123. The predicted octanol–water partition coefficient (Wildman–Crippen LogP) is 0.952. The van der Waals surface area contributed by atoms with Gasteiger partial charge in [-0.15, -0.1) is 12.4 Å². The minimum absolute atomic E-state index is 0. The van der Waals surface area contributed by atoms with E-state index in [1.807, 2.05) is 6.92 Å². The number of amides is 1. The van der Waals surface area contributed by atoms with Crippen molar-refractivity contribution >= 4 is 28.3 Å². The van der Waals surface area contributed by atoms with Crippen LogP contribution >= 0.6 is 12.4 Å². The molecule has 0 aromatic heterocycles. The molecule has 130 valence electrons. The summed E-state index contributed by atoms with van der Waals surface area (Å²) in [5, 5.41) is 0. The van der Waals surface area contributed by atoms with Crippen molar-refractivity contribution in [3.05, 3.63) is 0 Å². The number of likely N-dealkylation sites (tertiary alicyclic amines) is 1. The Balaban J connectivity index is 0.00000242. The normalized spacial score (nSPS) is 24.3. The molecule has 2 N–H and O–H groups in total. The number of carbonyl (C=O) groups is 1. The van der Waals surface area contributed by atoms with Crippen LogP contribution in [0.15, 0.2) is 0 Å². The highest BCUT2D eigenvalue weighted by atomic mass is 35.5. The maximum Gasteiger partial charge on any atom is 0.241 e. The molecule has 0 aromatic rings. The van der Waals surface area contributed by atoms with Crippen LogP contribution in [0.1, 0.15) is 45.4 Å². The number of rotatable bonds is 5. The Labute approximate surface area is 139 Å². The van der Waals surface area contributed by atoms with E-state index in [-0.39, 0.29) is 30.1 Å². The number of hydrogen-bond donors (Lipinski definition) is 1. The smallest absolute Gasteiger partial charge is 0.241 e. The molecule has 0 bridgehead atoms. The van der Waals surface area contributed by atoms with Crippen LogP contribution in [0.25, 0.3) is 0 Å². The number of nitrogens with two attached hydrogens (primary N) is 1. The number of nitrogens with zero attached hydrogens (tertiary/aromatic N) is 2. The van der Waals surface area contributed by atoms with Gasteiger partial charge < -0.3 is 10.6 Å². The summed E-state index contributed by atoms with van der Waals surface area (Å²) in [4.78, 5) is 14.4. The van der Waals surface area contributed by atoms with E-state index in [9.17, 15) is 13.2 Å². The molecule has 2 saturated heterocycles. The van der Waals surface area contributed by atoms with Gasteiger partial charge in [0.05, 0.1) is 5.75 Å². The van der Waals surface area contributed by atoms with Gasteiger partial charge >= 0.3 is 0 Å². The molecular weight excluding hydrogens is 326 g/mol. The van der Waals surface area contributed by atoms with Crippen molar-refractivity contribution in [2.75, 3.05) is 25.4 Å². The molecule has 8 heteroatoms. The zero-order valence-electron chi connectivity index (χ0n) is 13.2. The third kappa shape index (κ3) is 4.57. The molecule has 2 aliphatic heterocycles. The fourth-order valence-corrected chi connectivity index (χ4v) is 4.97. The van der Waals surface area contributed by atoms with Crippen LogP contribution in [-0.4, -0.2) is 61.0 Å². The van der Waals surface area contributed by atoms with Crippen LogP contribution in [0.4, 0.5) is 0 Å². The molecule has 2 fully saturated rings. The fourth-order valence-electron chi connectivity index (χ4n) is 3.09. The maximum absolute atomic E-state index is 12.6. The first-order valence-corrected chi connectivity index (χ1v) is 9.60. The lowest BCUT2D eigenvalue weighted by Crippen LogP contribution is -2.51. The SMILES string of the molecule is CCCCS(=O)(=O)N1CCCC1C(=O)N1CCC(N)CC1.Cl. The first-order chi connectivity index (χ1) is 9.95. The number of unbranched alkanes of at least 4 members (excludes halogenated alkanes) is 1. The molecule has 0 saturated carbocycles. The minimum atomic E-state index is -3.30. The van der Waals surface area contributed by atoms with E-state index in [1.54, 1.807) is 4.90 Å². The van der Waals surface area contributed by atoms with Gasteiger partial charge in [-0.2, -0.15) is 4.31 Å². The van der Waals surface area contributed by atoms with Gasteiger partial charge in [0.2, 0.25) is 15.9 Å². The standard InChI is InChI=1S/C14H27N3O3S.ClH/c1-2-3-11-21(19,20)17-8-4-5-13(17)14(18)16-9-6-12(15)7-10-16;/h12-13H,2-11,15H2,1H3;1H. The highest BCUT2D eigenvalue weighted by Gasteiger charge is 2.40. The Bertz CT molecular complexity index is 464. The van der Waals surface area contributed by atoms with E-state index in [2.05, 4.69) is 0 Å². The van der Waals surface area contributed by atoms with Gasteiger partial charge in [0, 0.05) is 25.7 Å². The summed E-state index contributed by atoms with van der Waals surface area (Å²) in [7, 11) is -3.30. The van der Waals surface area contributed by atoms with Crippen LogP contribution in [-0.2, 0) is 14.8 Å². The Morgan fingerprint density at radius 1 is 1.18 bits per heavy atom. The van der Waals surface area contributed by atoms with Crippen molar-refractivity contribution in [2.45, 2.75) is 57.5 Å². The second kappa shape index (κ2) is 8.47. The zero-order chi connectivity index (χ0) is 15.5. The van der Waals surface area contributed by atoms with Gasteiger partial charge in [-0.1, -0.05) is 13.3 Å². The Hall–Kier alpha value is -0.370. The van der Waals surface area contributed by atoms with E-state index in [0.29, 0.717) is 32.5 Å².